The van der Waals surface area contributed by atoms with E-state index in [4.69, 9.17) is 9.84 Å². The molecule has 0 fully saturated rings. The highest BCUT2D eigenvalue weighted by Gasteiger charge is 2.12. The van der Waals surface area contributed by atoms with Gasteiger partial charge in [-0.2, -0.15) is 0 Å². The Morgan fingerprint density at radius 1 is 1.00 bits per heavy atom. The number of Topliss-reactive ketones (excluding diaryl/α,β-unsaturated/α-hetero) is 2. The van der Waals surface area contributed by atoms with Crippen LogP contribution in [0.25, 0.3) is 0 Å². The average molecular weight is 250 g/mol. The molecule has 1 aromatic carbocycles. The van der Waals surface area contributed by atoms with Gasteiger partial charge in [0.1, 0.15) is 13.0 Å². The van der Waals surface area contributed by atoms with Crippen molar-refractivity contribution in [3.8, 4) is 0 Å². The topological polar surface area (TPSA) is 80.7 Å². The van der Waals surface area contributed by atoms with Crippen molar-refractivity contribution in [1.82, 2.24) is 0 Å². The van der Waals surface area contributed by atoms with Gasteiger partial charge in [0.25, 0.3) is 0 Å². The lowest BCUT2D eigenvalue weighted by Crippen LogP contribution is -2.16. The van der Waals surface area contributed by atoms with Crippen molar-refractivity contribution in [2.75, 3.05) is 6.61 Å². The van der Waals surface area contributed by atoms with Crippen LogP contribution >= 0.6 is 0 Å². The average Bonchev–Trinajstić information content (AvgIpc) is 2.29. The van der Waals surface area contributed by atoms with E-state index in [0.717, 1.165) is 5.56 Å². The number of carboxylic acid groups (broad SMARTS) is 1. The second kappa shape index (κ2) is 7.34. The van der Waals surface area contributed by atoms with Gasteiger partial charge < -0.3 is 9.84 Å². The van der Waals surface area contributed by atoms with Crippen molar-refractivity contribution in [3.05, 3.63) is 35.9 Å². The molecule has 0 heterocycles. The van der Waals surface area contributed by atoms with Crippen molar-refractivity contribution in [2.24, 2.45) is 0 Å². The Morgan fingerprint density at radius 3 is 2.28 bits per heavy atom. The molecule has 0 saturated heterocycles. The molecule has 0 bridgehead atoms. The van der Waals surface area contributed by atoms with Crippen LogP contribution in [0.15, 0.2) is 30.3 Å². The van der Waals surface area contributed by atoms with E-state index in [1.807, 2.05) is 30.3 Å². The minimum absolute atomic E-state index is 0.180. The molecule has 5 heteroatoms. The minimum Gasteiger partial charge on any atom is -0.481 e. The zero-order valence-electron chi connectivity index (χ0n) is 9.80. The number of carbonyl (C=O) groups excluding carboxylic acids is 2. The number of ketones is 2. The highest BCUT2D eigenvalue weighted by molar-refractivity contribution is 6.05. The minimum atomic E-state index is -1.22. The maximum Gasteiger partial charge on any atom is 0.310 e. The van der Waals surface area contributed by atoms with Gasteiger partial charge in [0.2, 0.25) is 0 Å². The summed E-state index contributed by atoms with van der Waals surface area (Å²) in [5.74, 6) is -2.23. The van der Waals surface area contributed by atoms with Crippen LogP contribution in [-0.2, 0) is 25.7 Å². The van der Waals surface area contributed by atoms with Crippen LogP contribution in [0.3, 0.4) is 0 Å². The number of aliphatic carboxylic acids is 1. The van der Waals surface area contributed by atoms with Crippen molar-refractivity contribution >= 4 is 17.5 Å². The monoisotopic (exact) mass is 250 g/mol. The molecule has 96 valence electrons. The standard InChI is InChI=1S/C13H14O5/c14-11(7-13(16)17)6-12(15)9-18-8-10-4-2-1-3-5-10/h1-5H,6-9H2,(H,16,17). The van der Waals surface area contributed by atoms with E-state index in [1.165, 1.54) is 0 Å². The lowest BCUT2D eigenvalue weighted by Gasteiger charge is -2.03. The summed E-state index contributed by atoms with van der Waals surface area (Å²) in [4.78, 5) is 32.6. The predicted molar refractivity (Wildman–Crippen MR) is 63.0 cm³/mol. The van der Waals surface area contributed by atoms with Crippen LogP contribution < -0.4 is 0 Å². The van der Waals surface area contributed by atoms with Gasteiger partial charge in [0, 0.05) is 0 Å². The third-order valence-corrected chi connectivity index (χ3v) is 2.12. The second-order valence-corrected chi connectivity index (χ2v) is 3.80. The van der Waals surface area contributed by atoms with E-state index in [2.05, 4.69) is 0 Å². The molecule has 0 amide bonds. The highest BCUT2D eigenvalue weighted by Crippen LogP contribution is 2.01. The predicted octanol–water partition coefficient (Wildman–Crippen LogP) is 1.21. The van der Waals surface area contributed by atoms with E-state index in [9.17, 15) is 14.4 Å². The summed E-state index contributed by atoms with van der Waals surface area (Å²) in [6, 6.07) is 9.31. The molecule has 0 radical (unpaired) electrons. The van der Waals surface area contributed by atoms with Crippen molar-refractivity contribution in [3.63, 3.8) is 0 Å². The number of hydrogen-bond donors (Lipinski definition) is 1. The molecule has 0 spiro atoms. The maximum absolute atomic E-state index is 11.3. The van der Waals surface area contributed by atoms with Gasteiger partial charge in [-0.15, -0.1) is 0 Å². The first-order valence-electron chi connectivity index (χ1n) is 5.45. The lowest BCUT2D eigenvalue weighted by molar-refractivity contribution is -0.140. The number of rotatable bonds is 8. The summed E-state index contributed by atoms with van der Waals surface area (Å²) >= 11 is 0. The zero-order valence-corrected chi connectivity index (χ0v) is 9.80. The van der Waals surface area contributed by atoms with E-state index < -0.39 is 24.0 Å². The molecule has 0 aliphatic carbocycles. The number of carbonyl (C=O) groups is 3. The van der Waals surface area contributed by atoms with Crippen LogP contribution in [0.5, 0.6) is 0 Å². The summed E-state index contributed by atoms with van der Waals surface area (Å²) in [6.45, 7) is 0.111. The third-order valence-electron chi connectivity index (χ3n) is 2.12. The molecule has 0 atom stereocenters. The molecule has 18 heavy (non-hydrogen) atoms. The number of carboxylic acids is 1. The summed E-state index contributed by atoms with van der Waals surface area (Å²) in [7, 11) is 0. The summed E-state index contributed by atoms with van der Waals surface area (Å²) in [5, 5.41) is 8.36. The van der Waals surface area contributed by atoms with Crippen LogP contribution in [0, 0.1) is 0 Å². The number of hydrogen-bond acceptors (Lipinski definition) is 4. The summed E-state index contributed by atoms with van der Waals surface area (Å²) in [5.41, 5.74) is 0.933. The van der Waals surface area contributed by atoms with Crippen LogP contribution in [0.2, 0.25) is 0 Å². The molecule has 1 rings (SSSR count). The molecule has 0 unspecified atom stereocenters. The molecular weight excluding hydrogens is 236 g/mol. The van der Waals surface area contributed by atoms with Gasteiger partial charge >= 0.3 is 5.97 Å². The van der Waals surface area contributed by atoms with E-state index >= 15 is 0 Å². The molecule has 1 N–H and O–H groups in total. The zero-order chi connectivity index (χ0) is 13.4. The molecule has 0 saturated carbocycles. The van der Waals surface area contributed by atoms with Crippen LogP contribution in [-0.4, -0.2) is 29.2 Å². The van der Waals surface area contributed by atoms with Gasteiger partial charge in [-0.25, -0.2) is 0 Å². The molecular formula is C13H14O5. The van der Waals surface area contributed by atoms with Gasteiger partial charge in [-0.1, -0.05) is 30.3 Å². The number of ether oxygens (including phenoxy) is 1. The van der Waals surface area contributed by atoms with E-state index in [1.54, 1.807) is 0 Å². The van der Waals surface area contributed by atoms with Gasteiger partial charge in [-0.3, -0.25) is 14.4 Å². The molecule has 0 aromatic heterocycles. The first kappa shape index (κ1) is 14.1. The van der Waals surface area contributed by atoms with E-state index in [0.29, 0.717) is 6.61 Å². The Kier molecular flexibility index (Phi) is 5.73. The van der Waals surface area contributed by atoms with Crippen molar-refractivity contribution in [2.45, 2.75) is 19.4 Å². The van der Waals surface area contributed by atoms with Gasteiger partial charge in [0.05, 0.1) is 13.0 Å². The second-order valence-electron chi connectivity index (χ2n) is 3.80. The largest absolute Gasteiger partial charge is 0.481 e. The maximum atomic E-state index is 11.3. The van der Waals surface area contributed by atoms with Crippen LogP contribution in [0.1, 0.15) is 18.4 Å². The summed E-state index contributed by atoms with van der Waals surface area (Å²) in [6.07, 6.45) is -1.01. The molecule has 1 aromatic rings. The van der Waals surface area contributed by atoms with Crippen molar-refractivity contribution < 1.29 is 24.2 Å². The van der Waals surface area contributed by atoms with Crippen LogP contribution in [0.4, 0.5) is 0 Å². The molecule has 5 nitrogen and oxygen atoms in total. The fraction of sp³-hybridized carbons (Fsp3) is 0.308. The lowest BCUT2D eigenvalue weighted by atomic mass is 10.1. The first-order valence-corrected chi connectivity index (χ1v) is 5.45. The molecule has 0 aliphatic rings. The normalized spacial score (nSPS) is 10.0. The third kappa shape index (κ3) is 5.91. The van der Waals surface area contributed by atoms with E-state index in [-0.39, 0.29) is 13.0 Å². The summed E-state index contributed by atoms with van der Waals surface area (Å²) < 4.78 is 5.14. The highest BCUT2D eigenvalue weighted by atomic mass is 16.5. The first-order chi connectivity index (χ1) is 8.58. The Bertz CT molecular complexity index is 424. The Hall–Kier alpha value is -2.01. The Balaban J connectivity index is 2.21. The fourth-order valence-corrected chi connectivity index (χ4v) is 1.36. The quantitative estimate of drug-likeness (QED) is 0.701. The number of benzene rings is 1. The smallest absolute Gasteiger partial charge is 0.310 e. The molecule has 0 aliphatic heterocycles. The SMILES string of the molecule is O=C(O)CC(=O)CC(=O)COCc1ccccc1. The van der Waals surface area contributed by atoms with Crippen molar-refractivity contribution in [1.29, 1.82) is 0 Å². The van der Waals surface area contributed by atoms with Gasteiger partial charge in [-0.05, 0) is 5.56 Å². The Morgan fingerprint density at radius 2 is 1.67 bits per heavy atom. The van der Waals surface area contributed by atoms with Gasteiger partial charge in [0.15, 0.2) is 11.6 Å². The Labute approximate surface area is 104 Å². The fourth-order valence-electron chi connectivity index (χ4n) is 1.36.